The number of hydrogen-bond acceptors (Lipinski definition) is 6. The lowest BCUT2D eigenvalue weighted by Crippen LogP contribution is -2.30. The summed E-state index contributed by atoms with van der Waals surface area (Å²) < 4.78 is 0.977. The van der Waals surface area contributed by atoms with Crippen LogP contribution in [-0.2, 0) is 9.59 Å². The summed E-state index contributed by atoms with van der Waals surface area (Å²) in [6.07, 6.45) is 1.54. The van der Waals surface area contributed by atoms with Gasteiger partial charge in [0.05, 0.1) is 5.69 Å². The monoisotopic (exact) mass is 778 g/mol. The summed E-state index contributed by atoms with van der Waals surface area (Å²) in [5, 5.41) is 10.9. The van der Waals surface area contributed by atoms with E-state index >= 15 is 0 Å². The summed E-state index contributed by atoms with van der Waals surface area (Å²) in [5.74, 6) is -1.17. The van der Waals surface area contributed by atoms with Crippen LogP contribution in [0.1, 0.15) is 26.7 Å². The number of benzene rings is 5. The topological polar surface area (TPSA) is 100 Å². The molecule has 0 aliphatic rings. The van der Waals surface area contributed by atoms with Crippen molar-refractivity contribution in [2.24, 2.45) is 0 Å². The van der Waals surface area contributed by atoms with Gasteiger partial charge in [-0.25, -0.2) is 4.98 Å². The van der Waals surface area contributed by atoms with Crippen LogP contribution in [-0.4, -0.2) is 22.7 Å². The standard InChI is InChI=1S/C39H28BrClN4O3S2/c40-29-17-15-25(16-18-29)34-24-49-39(44-34)45-38(48)35(26-9-3-1-4-10-26)50-31-21-19-30(20-22-31)42-37(47)33(23-28-13-7-8-14-32(28)41)43-36(46)27-11-5-2-6-12-27/h1-24,35H,(H,42,47)(H,43,46)(H,44,45,48)/b33-23-. The second-order valence-corrected chi connectivity index (χ2v) is 14.2. The van der Waals surface area contributed by atoms with Crippen LogP contribution in [0, 0.1) is 0 Å². The molecule has 11 heteroatoms. The quantitative estimate of drug-likeness (QED) is 0.0898. The summed E-state index contributed by atoms with van der Waals surface area (Å²) in [6.45, 7) is 0. The maximum Gasteiger partial charge on any atom is 0.272 e. The highest BCUT2D eigenvalue weighted by Gasteiger charge is 2.24. The van der Waals surface area contributed by atoms with Crippen molar-refractivity contribution in [3.63, 3.8) is 0 Å². The van der Waals surface area contributed by atoms with E-state index in [0.717, 1.165) is 26.2 Å². The predicted octanol–water partition coefficient (Wildman–Crippen LogP) is 10.1. The maximum absolute atomic E-state index is 13.7. The van der Waals surface area contributed by atoms with E-state index in [0.29, 0.717) is 27.0 Å². The van der Waals surface area contributed by atoms with Gasteiger partial charge >= 0.3 is 0 Å². The first kappa shape index (κ1) is 34.8. The Bertz CT molecular complexity index is 2140. The molecular weight excluding hydrogens is 752 g/mol. The van der Waals surface area contributed by atoms with Crippen molar-refractivity contribution in [1.82, 2.24) is 10.3 Å². The first-order valence-corrected chi connectivity index (χ1v) is 18.2. The minimum absolute atomic E-state index is 0.0247. The summed E-state index contributed by atoms with van der Waals surface area (Å²) in [6, 6.07) is 40.2. The maximum atomic E-state index is 13.7. The van der Waals surface area contributed by atoms with E-state index in [2.05, 4.69) is 36.9 Å². The highest BCUT2D eigenvalue weighted by molar-refractivity contribution is 9.10. The largest absolute Gasteiger partial charge is 0.321 e. The van der Waals surface area contributed by atoms with Gasteiger partial charge in [0.1, 0.15) is 10.9 Å². The molecule has 1 unspecified atom stereocenters. The second kappa shape index (κ2) is 16.6. The molecule has 6 aromatic rings. The van der Waals surface area contributed by atoms with Gasteiger partial charge in [0.25, 0.3) is 11.8 Å². The number of aromatic nitrogens is 1. The molecule has 3 N–H and O–H groups in total. The van der Waals surface area contributed by atoms with Crippen LogP contribution in [0.15, 0.2) is 154 Å². The molecule has 0 aliphatic carbocycles. The van der Waals surface area contributed by atoms with E-state index in [-0.39, 0.29) is 11.6 Å². The fourth-order valence-electron chi connectivity index (χ4n) is 4.80. The molecule has 7 nitrogen and oxygen atoms in total. The number of rotatable bonds is 11. The normalized spacial score (nSPS) is 11.8. The first-order valence-electron chi connectivity index (χ1n) is 15.3. The zero-order chi connectivity index (χ0) is 34.9. The molecule has 248 valence electrons. The van der Waals surface area contributed by atoms with Crippen LogP contribution >= 0.6 is 50.6 Å². The van der Waals surface area contributed by atoms with E-state index in [9.17, 15) is 14.4 Å². The Balaban J connectivity index is 1.17. The predicted molar refractivity (Wildman–Crippen MR) is 207 cm³/mol. The van der Waals surface area contributed by atoms with Gasteiger partial charge in [-0.15, -0.1) is 23.1 Å². The Morgan fingerprint density at radius 1 is 0.780 bits per heavy atom. The number of carbonyl (C=O) groups excluding carboxylic acids is 3. The van der Waals surface area contributed by atoms with Crippen molar-refractivity contribution >= 4 is 85.2 Å². The molecule has 1 atom stereocenters. The van der Waals surface area contributed by atoms with Gasteiger partial charge in [0.2, 0.25) is 5.91 Å². The SMILES string of the molecule is O=C(Nc1ccc(SC(C(=O)Nc2nc(-c3ccc(Br)cc3)cs2)c2ccccc2)cc1)/C(=C/c1ccccc1Cl)NC(=O)c1ccccc1. The van der Waals surface area contributed by atoms with Crippen molar-refractivity contribution in [3.05, 3.63) is 171 Å². The third-order valence-corrected chi connectivity index (χ3v) is 10.2. The number of amides is 3. The van der Waals surface area contributed by atoms with Gasteiger partial charge in [0.15, 0.2) is 5.13 Å². The van der Waals surface area contributed by atoms with E-state index < -0.39 is 17.1 Å². The van der Waals surface area contributed by atoms with Crippen LogP contribution in [0.5, 0.6) is 0 Å². The lowest BCUT2D eigenvalue weighted by Gasteiger charge is -2.17. The number of nitrogens with zero attached hydrogens (tertiary/aromatic N) is 1. The van der Waals surface area contributed by atoms with Gasteiger partial charge in [-0.05, 0) is 71.8 Å². The molecule has 0 spiro atoms. The molecule has 0 saturated heterocycles. The van der Waals surface area contributed by atoms with Crippen molar-refractivity contribution in [2.75, 3.05) is 10.6 Å². The summed E-state index contributed by atoms with van der Waals surface area (Å²) in [7, 11) is 0. The highest BCUT2D eigenvalue weighted by atomic mass is 79.9. The smallest absolute Gasteiger partial charge is 0.272 e. The number of halogens is 2. The van der Waals surface area contributed by atoms with E-state index in [4.69, 9.17) is 11.6 Å². The van der Waals surface area contributed by atoms with Gasteiger partial charge in [-0.3, -0.25) is 14.4 Å². The Labute approximate surface area is 311 Å². The molecule has 50 heavy (non-hydrogen) atoms. The molecule has 3 amide bonds. The number of hydrogen-bond donors (Lipinski definition) is 3. The van der Waals surface area contributed by atoms with E-state index in [1.807, 2.05) is 78.2 Å². The van der Waals surface area contributed by atoms with Crippen LogP contribution in [0.4, 0.5) is 10.8 Å². The van der Waals surface area contributed by atoms with Crippen molar-refractivity contribution in [1.29, 1.82) is 0 Å². The Kier molecular flexibility index (Phi) is 11.6. The molecule has 0 radical (unpaired) electrons. The lowest BCUT2D eigenvalue weighted by atomic mass is 10.1. The third-order valence-electron chi connectivity index (χ3n) is 7.31. The van der Waals surface area contributed by atoms with E-state index in [1.165, 1.54) is 29.2 Å². The lowest BCUT2D eigenvalue weighted by molar-refractivity contribution is -0.116. The molecule has 0 fully saturated rings. The zero-order valence-corrected chi connectivity index (χ0v) is 30.2. The highest BCUT2D eigenvalue weighted by Crippen LogP contribution is 2.37. The van der Waals surface area contributed by atoms with Crippen molar-refractivity contribution in [2.45, 2.75) is 10.1 Å². The minimum Gasteiger partial charge on any atom is -0.321 e. The molecule has 1 aromatic heterocycles. The fraction of sp³-hybridized carbons (Fsp3) is 0.0256. The van der Waals surface area contributed by atoms with Gasteiger partial charge < -0.3 is 16.0 Å². The van der Waals surface area contributed by atoms with Gasteiger partial charge in [-0.2, -0.15) is 0 Å². The molecule has 0 bridgehead atoms. The number of thiazole rings is 1. The number of anilines is 2. The van der Waals surface area contributed by atoms with Crippen LogP contribution in [0.3, 0.4) is 0 Å². The fourth-order valence-corrected chi connectivity index (χ4v) is 7.00. The second-order valence-electron chi connectivity index (χ2n) is 10.8. The number of nitrogens with one attached hydrogen (secondary N) is 3. The summed E-state index contributed by atoms with van der Waals surface area (Å²) in [5.41, 5.74) is 4.08. The summed E-state index contributed by atoms with van der Waals surface area (Å²) in [4.78, 5) is 45.6. The van der Waals surface area contributed by atoms with Crippen LogP contribution in [0.2, 0.25) is 5.02 Å². The molecule has 5 aromatic carbocycles. The average molecular weight is 780 g/mol. The Morgan fingerprint density at radius 2 is 1.44 bits per heavy atom. The Morgan fingerprint density at radius 3 is 2.14 bits per heavy atom. The first-order chi connectivity index (χ1) is 24.3. The summed E-state index contributed by atoms with van der Waals surface area (Å²) >= 11 is 12.6. The number of carbonyl (C=O) groups is 3. The Hall–Kier alpha value is -5.00. The molecule has 1 heterocycles. The molecule has 0 saturated carbocycles. The van der Waals surface area contributed by atoms with Gasteiger partial charge in [0, 0.05) is 36.6 Å². The third kappa shape index (κ3) is 9.16. The zero-order valence-electron chi connectivity index (χ0n) is 26.2. The molecular formula is C39H28BrClN4O3S2. The van der Waals surface area contributed by atoms with Crippen molar-refractivity contribution in [3.8, 4) is 11.3 Å². The van der Waals surface area contributed by atoms with Crippen LogP contribution < -0.4 is 16.0 Å². The van der Waals surface area contributed by atoms with Crippen molar-refractivity contribution < 1.29 is 14.4 Å². The molecule has 0 aliphatic heterocycles. The van der Waals surface area contributed by atoms with Crippen LogP contribution in [0.25, 0.3) is 17.3 Å². The number of thioether (sulfide) groups is 1. The average Bonchev–Trinajstić information content (AvgIpc) is 3.61. The van der Waals surface area contributed by atoms with Gasteiger partial charge in [-0.1, -0.05) is 106 Å². The molecule has 6 rings (SSSR count). The van der Waals surface area contributed by atoms with E-state index in [1.54, 1.807) is 60.7 Å². The minimum atomic E-state index is -0.574.